The Kier molecular flexibility index (Phi) is 3.89. The number of hydrogen-bond acceptors (Lipinski definition) is 3. The topological polar surface area (TPSA) is 50.8 Å². The van der Waals surface area contributed by atoms with Crippen molar-refractivity contribution in [3.63, 3.8) is 0 Å². The predicted octanol–water partition coefficient (Wildman–Crippen LogP) is 1.33. The van der Waals surface area contributed by atoms with Crippen molar-refractivity contribution in [1.82, 2.24) is 10.2 Å². The molecule has 0 bridgehead atoms. The average Bonchev–Trinajstić information content (AvgIpc) is 2.67. The van der Waals surface area contributed by atoms with E-state index in [1.54, 1.807) is 0 Å². The molecule has 98 valence electrons. The molecule has 1 unspecified atom stereocenters. The van der Waals surface area contributed by atoms with Gasteiger partial charge in [-0.2, -0.15) is 0 Å². The number of carbonyl (C=O) groups excluding carboxylic acids is 1. The Morgan fingerprint density at radius 3 is 2.65 bits per heavy atom. The predicted molar refractivity (Wildman–Crippen MR) is 63.7 cm³/mol. The number of amides is 2. The van der Waals surface area contributed by atoms with E-state index >= 15 is 0 Å². The number of nitrogens with one attached hydrogen (secondary N) is 1. The van der Waals surface area contributed by atoms with Crippen molar-refractivity contribution in [2.45, 2.75) is 45.0 Å². The maximum Gasteiger partial charge on any atom is 0.317 e. The summed E-state index contributed by atoms with van der Waals surface area (Å²) in [6.45, 7) is 6.60. The van der Waals surface area contributed by atoms with E-state index in [9.17, 15) is 4.79 Å². The van der Waals surface area contributed by atoms with Crippen molar-refractivity contribution in [2.24, 2.45) is 0 Å². The van der Waals surface area contributed by atoms with Crippen molar-refractivity contribution < 1.29 is 14.3 Å². The molecule has 5 heteroatoms. The van der Waals surface area contributed by atoms with E-state index in [1.807, 2.05) is 18.7 Å². The fraction of sp³-hybridized carbons (Fsp3) is 0.917. The van der Waals surface area contributed by atoms with E-state index < -0.39 is 5.79 Å². The van der Waals surface area contributed by atoms with E-state index in [-0.39, 0.29) is 12.1 Å². The largest absolute Gasteiger partial charge is 0.348 e. The molecular weight excluding hydrogens is 220 g/mol. The lowest BCUT2D eigenvalue weighted by molar-refractivity contribution is -0.137. The van der Waals surface area contributed by atoms with Crippen molar-refractivity contribution in [2.75, 3.05) is 26.2 Å². The molecule has 2 amide bonds. The summed E-state index contributed by atoms with van der Waals surface area (Å²) < 4.78 is 11.1. The molecule has 2 heterocycles. The molecule has 0 saturated carbocycles. The van der Waals surface area contributed by atoms with Gasteiger partial charge in [0.2, 0.25) is 0 Å². The lowest BCUT2D eigenvalue weighted by atomic mass is 10.1. The summed E-state index contributed by atoms with van der Waals surface area (Å²) in [6, 6.07) is 0.0259. The second kappa shape index (κ2) is 5.23. The molecule has 2 fully saturated rings. The third kappa shape index (κ3) is 3.57. The maximum absolute atomic E-state index is 11.8. The van der Waals surface area contributed by atoms with Gasteiger partial charge in [-0.05, 0) is 33.1 Å². The van der Waals surface area contributed by atoms with Gasteiger partial charge >= 0.3 is 6.03 Å². The molecule has 0 spiro atoms. The van der Waals surface area contributed by atoms with Crippen LogP contribution in [0, 0.1) is 0 Å². The molecule has 2 aliphatic rings. The zero-order chi connectivity index (χ0) is 12.3. The first-order chi connectivity index (χ1) is 8.07. The van der Waals surface area contributed by atoms with Gasteiger partial charge in [-0.15, -0.1) is 0 Å². The number of nitrogens with zero attached hydrogens (tertiary/aromatic N) is 1. The van der Waals surface area contributed by atoms with Crippen LogP contribution in [0.4, 0.5) is 4.79 Å². The summed E-state index contributed by atoms with van der Waals surface area (Å²) in [7, 11) is 0. The highest BCUT2D eigenvalue weighted by molar-refractivity contribution is 5.74. The van der Waals surface area contributed by atoms with Gasteiger partial charge in [0, 0.05) is 19.6 Å². The SMILES string of the molecule is CC1(C)OCC(CNC(=O)N2CCCCC2)O1. The van der Waals surface area contributed by atoms with Crippen LogP contribution in [-0.2, 0) is 9.47 Å². The van der Waals surface area contributed by atoms with Gasteiger partial charge in [0.15, 0.2) is 5.79 Å². The Balaban J connectivity index is 1.69. The Labute approximate surface area is 102 Å². The Hall–Kier alpha value is -0.810. The van der Waals surface area contributed by atoms with Crippen LogP contribution in [-0.4, -0.2) is 49.1 Å². The first-order valence-electron chi connectivity index (χ1n) is 6.41. The van der Waals surface area contributed by atoms with Gasteiger partial charge in [0.05, 0.1) is 6.61 Å². The van der Waals surface area contributed by atoms with Gasteiger partial charge in [-0.25, -0.2) is 4.79 Å². The van der Waals surface area contributed by atoms with Crippen LogP contribution >= 0.6 is 0 Å². The molecule has 0 aliphatic carbocycles. The molecule has 0 radical (unpaired) electrons. The molecule has 0 aromatic rings. The highest BCUT2D eigenvalue weighted by Gasteiger charge is 2.32. The molecule has 1 atom stereocenters. The highest BCUT2D eigenvalue weighted by atomic mass is 16.7. The van der Waals surface area contributed by atoms with Crippen LogP contribution < -0.4 is 5.32 Å². The standard InChI is InChI=1S/C12H22N2O3/c1-12(2)16-9-10(17-12)8-13-11(15)14-6-4-3-5-7-14/h10H,3-9H2,1-2H3,(H,13,15). The van der Waals surface area contributed by atoms with Crippen molar-refractivity contribution in [1.29, 1.82) is 0 Å². The number of piperidine rings is 1. The number of ether oxygens (including phenoxy) is 2. The molecule has 2 rings (SSSR count). The number of urea groups is 1. The average molecular weight is 242 g/mol. The first-order valence-corrected chi connectivity index (χ1v) is 6.41. The van der Waals surface area contributed by atoms with Gasteiger partial charge in [0.1, 0.15) is 6.10 Å². The quantitative estimate of drug-likeness (QED) is 0.795. The number of likely N-dealkylation sites (tertiary alicyclic amines) is 1. The van der Waals surface area contributed by atoms with Crippen LogP contribution in [0.15, 0.2) is 0 Å². The van der Waals surface area contributed by atoms with E-state index in [0.717, 1.165) is 25.9 Å². The van der Waals surface area contributed by atoms with Crippen molar-refractivity contribution in [3.8, 4) is 0 Å². The highest BCUT2D eigenvalue weighted by Crippen LogP contribution is 2.21. The van der Waals surface area contributed by atoms with Crippen LogP contribution in [0.1, 0.15) is 33.1 Å². The zero-order valence-corrected chi connectivity index (χ0v) is 10.7. The van der Waals surface area contributed by atoms with E-state index in [4.69, 9.17) is 9.47 Å². The lowest BCUT2D eigenvalue weighted by Gasteiger charge is -2.27. The maximum atomic E-state index is 11.8. The summed E-state index contributed by atoms with van der Waals surface area (Å²) in [4.78, 5) is 13.7. The molecule has 5 nitrogen and oxygen atoms in total. The summed E-state index contributed by atoms with van der Waals surface area (Å²) in [6.07, 6.45) is 3.43. The summed E-state index contributed by atoms with van der Waals surface area (Å²) in [5.41, 5.74) is 0. The second-order valence-electron chi connectivity index (χ2n) is 5.18. The molecular formula is C12H22N2O3. The fourth-order valence-electron chi connectivity index (χ4n) is 2.27. The minimum atomic E-state index is -0.513. The van der Waals surface area contributed by atoms with Gasteiger partial charge in [-0.1, -0.05) is 0 Å². The molecule has 17 heavy (non-hydrogen) atoms. The minimum absolute atomic E-state index is 0.0259. The van der Waals surface area contributed by atoms with Crippen LogP contribution in [0.2, 0.25) is 0 Å². The van der Waals surface area contributed by atoms with Gasteiger partial charge in [-0.3, -0.25) is 0 Å². The van der Waals surface area contributed by atoms with Crippen LogP contribution in [0.25, 0.3) is 0 Å². The van der Waals surface area contributed by atoms with Gasteiger partial charge in [0.25, 0.3) is 0 Å². The van der Waals surface area contributed by atoms with E-state index in [0.29, 0.717) is 13.2 Å². The number of hydrogen-bond donors (Lipinski definition) is 1. The molecule has 2 aliphatic heterocycles. The third-order valence-corrected chi connectivity index (χ3v) is 3.19. The Morgan fingerprint density at radius 2 is 2.06 bits per heavy atom. The third-order valence-electron chi connectivity index (χ3n) is 3.19. The Morgan fingerprint density at radius 1 is 1.35 bits per heavy atom. The zero-order valence-electron chi connectivity index (χ0n) is 10.7. The number of rotatable bonds is 2. The van der Waals surface area contributed by atoms with Crippen molar-refractivity contribution in [3.05, 3.63) is 0 Å². The van der Waals surface area contributed by atoms with Crippen LogP contribution in [0.3, 0.4) is 0 Å². The fourth-order valence-corrected chi connectivity index (χ4v) is 2.27. The Bertz CT molecular complexity index is 275. The normalized spacial score (nSPS) is 28.1. The van der Waals surface area contributed by atoms with Gasteiger partial charge < -0.3 is 19.7 Å². The summed E-state index contributed by atoms with van der Waals surface area (Å²) >= 11 is 0. The summed E-state index contributed by atoms with van der Waals surface area (Å²) in [5.74, 6) is -0.513. The van der Waals surface area contributed by atoms with Crippen molar-refractivity contribution >= 4 is 6.03 Å². The second-order valence-corrected chi connectivity index (χ2v) is 5.18. The molecule has 0 aromatic carbocycles. The van der Waals surface area contributed by atoms with Crippen LogP contribution in [0.5, 0.6) is 0 Å². The molecule has 0 aromatic heterocycles. The van der Waals surface area contributed by atoms with E-state index in [1.165, 1.54) is 6.42 Å². The summed E-state index contributed by atoms with van der Waals surface area (Å²) in [5, 5.41) is 2.91. The lowest BCUT2D eigenvalue weighted by Crippen LogP contribution is -2.45. The smallest absolute Gasteiger partial charge is 0.317 e. The van der Waals surface area contributed by atoms with E-state index in [2.05, 4.69) is 5.32 Å². The monoisotopic (exact) mass is 242 g/mol. The molecule has 1 N–H and O–H groups in total. The number of carbonyl (C=O) groups is 1. The molecule has 2 saturated heterocycles. The minimum Gasteiger partial charge on any atom is -0.348 e. The first kappa shape index (κ1) is 12.6.